The standard InChI is InChI=1S/C44H87NO6/c1-3-5-7-9-11-13-15-17-18-19-20-21-22-23-24-25-27-29-31-33-35-37-41(48)43(50)44(51)45-39(38-46)42(49)40(47)36-34-32-30-28-26-16-14-12-10-8-6-4-2/h14,16,39-43,46-50H,3-13,15,17-38H2,1-2H3,(H,45,51)/b16-14+/t39-,40+,41+,42+,43+/m0/s1. The van der Waals surface area contributed by atoms with E-state index in [4.69, 9.17) is 0 Å². The average Bonchev–Trinajstić information content (AvgIpc) is 3.13. The van der Waals surface area contributed by atoms with Gasteiger partial charge in [0.15, 0.2) is 6.10 Å². The Kier molecular flexibility index (Phi) is 38.0. The molecule has 5 atom stereocenters. The second kappa shape index (κ2) is 38.7. The van der Waals surface area contributed by atoms with Crippen molar-refractivity contribution in [2.24, 2.45) is 0 Å². The maximum Gasteiger partial charge on any atom is 0.251 e. The quantitative estimate of drug-likeness (QED) is 0.0275. The lowest BCUT2D eigenvalue weighted by Gasteiger charge is -2.28. The largest absolute Gasteiger partial charge is 0.394 e. The topological polar surface area (TPSA) is 130 Å². The molecular formula is C44H87NO6. The van der Waals surface area contributed by atoms with Crippen LogP contribution in [0.15, 0.2) is 12.2 Å². The maximum absolute atomic E-state index is 12.5. The highest BCUT2D eigenvalue weighted by molar-refractivity contribution is 5.81. The van der Waals surface area contributed by atoms with Crippen LogP contribution in [0.2, 0.25) is 0 Å². The van der Waals surface area contributed by atoms with Crippen LogP contribution in [0.3, 0.4) is 0 Å². The van der Waals surface area contributed by atoms with E-state index in [0.717, 1.165) is 57.8 Å². The van der Waals surface area contributed by atoms with Crippen molar-refractivity contribution in [1.29, 1.82) is 0 Å². The monoisotopic (exact) mass is 726 g/mol. The summed E-state index contributed by atoms with van der Waals surface area (Å²) in [6.07, 6.45) is 38.5. The van der Waals surface area contributed by atoms with Crippen molar-refractivity contribution in [2.45, 2.75) is 256 Å². The third kappa shape index (κ3) is 32.2. The molecule has 304 valence electrons. The number of allylic oxidation sites excluding steroid dienone is 2. The van der Waals surface area contributed by atoms with Crippen LogP contribution in [0.4, 0.5) is 0 Å². The van der Waals surface area contributed by atoms with Gasteiger partial charge in [-0.15, -0.1) is 0 Å². The second-order valence-corrected chi connectivity index (χ2v) is 15.5. The first-order valence-electron chi connectivity index (χ1n) is 22.2. The molecule has 0 saturated carbocycles. The Morgan fingerprint density at radius 2 is 0.784 bits per heavy atom. The van der Waals surface area contributed by atoms with Crippen molar-refractivity contribution in [1.82, 2.24) is 5.32 Å². The molecule has 0 aromatic carbocycles. The Morgan fingerprint density at radius 3 is 1.16 bits per heavy atom. The van der Waals surface area contributed by atoms with Gasteiger partial charge in [0.05, 0.1) is 24.9 Å². The van der Waals surface area contributed by atoms with Gasteiger partial charge in [-0.1, -0.05) is 199 Å². The third-order valence-corrected chi connectivity index (χ3v) is 10.6. The number of unbranched alkanes of at least 4 members (excludes halogenated alkanes) is 28. The molecule has 0 aromatic heterocycles. The number of carbonyl (C=O) groups is 1. The molecule has 0 fully saturated rings. The minimum Gasteiger partial charge on any atom is -0.394 e. The molecule has 7 nitrogen and oxygen atoms in total. The van der Waals surface area contributed by atoms with E-state index in [1.807, 2.05) is 0 Å². The first-order valence-corrected chi connectivity index (χ1v) is 22.2. The van der Waals surface area contributed by atoms with Crippen LogP contribution in [0, 0.1) is 0 Å². The first-order chi connectivity index (χ1) is 24.9. The van der Waals surface area contributed by atoms with Crippen molar-refractivity contribution in [3.8, 4) is 0 Å². The predicted molar refractivity (Wildman–Crippen MR) is 216 cm³/mol. The van der Waals surface area contributed by atoms with Gasteiger partial charge in [0.25, 0.3) is 5.91 Å². The van der Waals surface area contributed by atoms with Gasteiger partial charge in [-0.3, -0.25) is 4.79 Å². The van der Waals surface area contributed by atoms with E-state index in [9.17, 15) is 30.3 Å². The Balaban J connectivity index is 3.79. The van der Waals surface area contributed by atoms with E-state index in [1.165, 1.54) is 141 Å². The molecule has 1 amide bonds. The summed E-state index contributed by atoms with van der Waals surface area (Å²) >= 11 is 0. The molecule has 0 unspecified atom stereocenters. The molecular weight excluding hydrogens is 638 g/mol. The van der Waals surface area contributed by atoms with Gasteiger partial charge in [0.1, 0.15) is 6.10 Å². The zero-order valence-electron chi connectivity index (χ0n) is 33.7. The molecule has 0 saturated heterocycles. The molecule has 0 radical (unpaired) electrons. The fraction of sp³-hybridized carbons (Fsp3) is 0.932. The Hall–Kier alpha value is -0.990. The molecule has 0 rings (SSSR count). The molecule has 0 aliphatic rings. The van der Waals surface area contributed by atoms with Gasteiger partial charge < -0.3 is 30.8 Å². The summed E-state index contributed by atoms with van der Waals surface area (Å²) in [5.41, 5.74) is 0. The molecule has 0 heterocycles. The zero-order valence-corrected chi connectivity index (χ0v) is 33.7. The Labute approximate surface area is 315 Å². The van der Waals surface area contributed by atoms with E-state index < -0.39 is 43.0 Å². The van der Waals surface area contributed by atoms with Gasteiger partial charge in [-0.2, -0.15) is 0 Å². The summed E-state index contributed by atoms with van der Waals surface area (Å²) in [5.74, 6) is -0.838. The molecule has 0 aliphatic heterocycles. The van der Waals surface area contributed by atoms with Gasteiger partial charge in [0, 0.05) is 0 Å². The molecule has 0 aromatic rings. The normalized spacial score (nSPS) is 14.9. The van der Waals surface area contributed by atoms with Gasteiger partial charge >= 0.3 is 0 Å². The van der Waals surface area contributed by atoms with Crippen LogP contribution in [-0.4, -0.2) is 68.5 Å². The van der Waals surface area contributed by atoms with E-state index in [1.54, 1.807) is 0 Å². The maximum atomic E-state index is 12.5. The number of aliphatic hydroxyl groups is 5. The summed E-state index contributed by atoms with van der Waals surface area (Å²) in [5, 5.41) is 53.9. The molecule has 6 N–H and O–H groups in total. The molecule has 0 spiro atoms. The average molecular weight is 726 g/mol. The van der Waals surface area contributed by atoms with Gasteiger partial charge in [-0.05, 0) is 38.5 Å². The number of amides is 1. The Bertz CT molecular complexity index is 749. The number of nitrogens with one attached hydrogen (secondary N) is 1. The highest BCUT2D eigenvalue weighted by Gasteiger charge is 2.31. The van der Waals surface area contributed by atoms with Crippen molar-refractivity contribution in [2.75, 3.05) is 6.61 Å². The molecule has 0 aliphatic carbocycles. The number of carbonyl (C=O) groups excluding carboxylic acids is 1. The summed E-state index contributed by atoms with van der Waals surface area (Å²) < 4.78 is 0. The summed E-state index contributed by atoms with van der Waals surface area (Å²) in [6.45, 7) is 3.93. The number of hydrogen-bond acceptors (Lipinski definition) is 6. The second-order valence-electron chi connectivity index (χ2n) is 15.5. The van der Waals surface area contributed by atoms with Crippen LogP contribution in [-0.2, 0) is 4.79 Å². The minimum atomic E-state index is -1.64. The lowest BCUT2D eigenvalue weighted by molar-refractivity contribution is -0.138. The summed E-state index contributed by atoms with van der Waals surface area (Å²) in [7, 11) is 0. The van der Waals surface area contributed by atoms with E-state index in [2.05, 4.69) is 31.3 Å². The van der Waals surface area contributed by atoms with Crippen LogP contribution < -0.4 is 5.32 Å². The van der Waals surface area contributed by atoms with Crippen LogP contribution in [0.5, 0.6) is 0 Å². The smallest absolute Gasteiger partial charge is 0.251 e. The lowest BCUT2D eigenvalue weighted by atomic mass is 9.99. The predicted octanol–water partition coefficient (Wildman–Crippen LogP) is 10.4. The van der Waals surface area contributed by atoms with Crippen molar-refractivity contribution in [3.63, 3.8) is 0 Å². The van der Waals surface area contributed by atoms with Crippen molar-refractivity contribution in [3.05, 3.63) is 12.2 Å². The molecule has 7 heteroatoms. The summed E-state index contributed by atoms with van der Waals surface area (Å²) in [4.78, 5) is 12.5. The Morgan fingerprint density at radius 1 is 0.471 bits per heavy atom. The first kappa shape index (κ1) is 50.0. The summed E-state index contributed by atoms with van der Waals surface area (Å²) in [6, 6.07) is -1.11. The minimum absolute atomic E-state index is 0.317. The lowest BCUT2D eigenvalue weighted by Crippen LogP contribution is -2.54. The number of hydrogen-bond donors (Lipinski definition) is 6. The highest BCUT2D eigenvalue weighted by atomic mass is 16.3. The van der Waals surface area contributed by atoms with Crippen LogP contribution >= 0.6 is 0 Å². The van der Waals surface area contributed by atoms with Crippen LogP contribution in [0.25, 0.3) is 0 Å². The van der Waals surface area contributed by atoms with Gasteiger partial charge in [-0.25, -0.2) is 0 Å². The van der Waals surface area contributed by atoms with E-state index in [0.29, 0.717) is 12.8 Å². The third-order valence-electron chi connectivity index (χ3n) is 10.6. The SMILES string of the molecule is CCCCCC/C=C/CCCCCC[C@@H](O)[C@H](O)[C@H](CO)NC(=O)[C@H](O)[C@H](O)CCCCCCCCCCCCCCCCCCCCCCC. The van der Waals surface area contributed by atoms with Gasteiger partial charge in [0.2, 0.25) is 0 Å². The zero-order chi connectivity index (χ0) is 37.6. The molecule has 0 bridgehead atoms. The van der Waals surface area contributed by atoms with Crippen molar-refractivity contribution < 1.29 is 30.3 Å². The van der Waals surface area contributed by atoms with Crippen LogP contribution in [0.1, 0.15) is 226 Å². The fourth-order valence-corrected chi connectivity index (χ4v) is 6.96. The van der Waals surface area contributed by atoms with E-state index in [-0.39, 0.29) is 0 Å². The number of aliphatic hydroxyl groups excluding tert-OH is 5. The van der Waals surface area contributed by atoms with Crippen molar-refractivity contribution >= 4 is 5.91 Å². The number of rotatable bonds is 40. The fourth-order valence-electron chi connectivity index (χ4n) is 6.96. The van der Waals surface area contributed by atoms with E-state index >= 15 is 0 Å². The molecule has 51 heavy (non-hydrogen) atoms. The highest BCUT2D eigenvalue weighted by Crippen LogP contribution is 2.17.